The van der Waals surface area contributed by atoms with Crippen LogP contribution in [0.4, 0.5) is 0 Å². The Bertz CT molecular complexity index is 299. The van der Waals surface area contributed by atoms with Gasteiger partial charge in [0.15, 0.2) is 0 Å². The normalized spacial score (nSPS) is 10.1. The van der Waals surface area contributed by atoms with Crippen LogP contribution in [0, 0.1) is 20.8 Å². The molecule has 11 heavy (non-hydrogen) atoms. The Balaban J connectivity index is 3.34. The summed E-state index contributed by atoms with van der Waals surface area (Å²) in [4.78, 5) is 13.9. The van der Waals surface area contributed by atoms with Crippen molar-refractivity contribution in [3.05, 3.63) is 22.5 Å². The number of aromatic nitrogens is 1. The fourth-order valence-corrected chi connectivity index (χ4v) is 1.28. The van der Waals surface area contributed by atoms with Crippen molar-refractivity contribution in [3.63, 3.8) is 0 Å². The van der Waals surface area contributed by atoms with Gasteiger partial charge in [0, 0.05) is 11.4 Å². The van der Waals surface area contributed by atoms with E-state index in [9.17, 15) is 4.79 Å². The van der Waals surface area contributed by atoms with E-state index in [4.69, 9.17) is 5.73 Å². The molecule has 0 aliphatic heterocycles. The largest absolute Gasteiger partial charge is 0.366 e. The second-order valence-electron chi connectivity index (χ2n) is 2.74. The van der Waals surface area contributed by atoms with Crippen molar-refractivity contribution in [3.8, 4) is 0 Å². The molecular weight excluding hydrogens is 140 g/mol. The summed E-state index contributed by atoms with van der Waals surface area (Å²) < 4.78 is 0. The summed E-state index contributed by atoms with van der Waals surface area (Å²) in [6.45, 7) is 5.66. The SMILES string of the molecule is Cc1[nH]c(C)c(C(N)=O)c1C. The fraction of sp³-hybridized carbons (Fsp3) is 0.375. The summed E-state index contributed by atoms with van der Waals surface area (Å²) in [6.07, 6.45) is 0. The van der Waals surface area contributed by atoms with Crippen LogP contribution in [0.5, 0.6) is 0 Å². The molecule has 0 aliphatic rings. The number of carbonyl (C=O) groups is 1. The first-order valence-electron chi connectivity index (χ1n) is 3.49. The minimum atomic E-state index is -0.357. The van der Waals surface area contributed by atoms with Gasteiger partial charge >= 0.3 is 0 Å². The average Bonchev–Trinajstić information content (AvgIpc) is 2.07. The van der Waals surface area contributed by atoms with Crippen LogP contribution in [0.25, 0.3) is 0 Å². The summed E-state index contributed by atoms with van der Waals surface area (Å²) in [5.74, 6) is -0.357. The lowest BCUT2D eigenvalue weighted by atomic mass is 10.1. The predicted octanol–water partition coefficient (Wildman–Crippen LogP) is 1.04. The van der Waals surface area contributed by atoms with E-state index in [0.29, 0.717) is 5.56 Å². The first-order chi connectivity index (χ1) is 5.04. The van der Waals surface area contributed by atoms with Crippen LogP contribution >= 0.6 is 0 Å². The van der Waals surface area contributed by atoms with Crippen LogP contribution in [0.15, 0.2) is 0 Å². The number of amides is 1. The second-order valence-corrected chi connectivity index (χ2v) is 2.74. The Hall–Kier alpha value is -1.25. The van der Waals surface area contributed by atoms with E-state index in [1.807, 2.05) is 20.8 Å². The van der Waals surface area contributed by atoms with Gasteiger partial charge in [-0.2, -0.15) is 0 Å². The summed E-state index contributed by atoms with van der Waals surface area (Å²) in [7, 11) is 0. The lowest BCUT2D eigenvalue weighted by Gasteiger charge is -1.93. The van der Waals surface area contributed by atoms with Crippen LogP contribution in [0.1, 0.15) is 27.3 Å². The Morgan fingerprint density at radius 2 is 1.82 bits per heavy atom. The molecule has 0 saturated carbocycles. The first-order valence-corrected chi connectivity index (χ1v) is 3.49. The topological polar surface area (TPSA) is 58.9 Å². The number of primary amides is 1. The van der Waals surface area contributed by atoms with Crippen LogP contribution in [0.3, 0.4) is 0 Å². The number of nitrogens with one attached hydrogen (secondary N) is 1. The Morgan fingerprint density at radius 3 is 2.00 bits per heavy atom. The number of aryl methyl sites for hydroxylation is 2. The van der Waals surface area contributed by atoms with Gasteiger partial charge in [-0.1, -0.05) is 0 Å². The van der Waals surface area contributed by atoms with Gasteiger partial charge in [0.05, 0.1) is 5.56 Å². The quantitative estimate of drug-likeness (QED) is 0.620. The molecule has 0 bridgehead atoms. The average molecular weight is 152 g/mol. The van der Waals surface area contributed by atoms with Crippen molar-refractivity contribution < 1.29 is 4.79 Å². The molecule has 0 aliphatic carbocycles. The van der Waals surface area contributed by atoms with Crippen LogP contribution in [-0.4, -0.2) is 10.9 Å². The van der Waals surface area contributed by atoms with Gasteiger partial charge in [0.25, 0.3) is 5.91 Å². The number of carbonyl (C=O) groups excluding carboxylic acids is 1. The number of H-pyrrole nitrogens is 1. The molecule has 1 amide bonds. The zero-order chi connectivity index (χ0) is 8.59. The van der Waals surface area contributed by atoms with Gasteiger partial charge in [0.2, 0.25) is 0 Å². The number of hydrogen-bond donors (Lipinski definition) is 2. The van der Waals surface area contributed by atoms with Crippen molar-refractivity contribution in [1.82, 2.24) is 4.98 Å². The van der Waals surface area contributed by atoms with Crippen LogP contribution in [-0.2, 0) is 0 Å². The molecule has 0 spiro atoms. The van der Waals surface area contributed by atoms with Crippen molar-refractivity contribution in [2.45, 2.75) is 20.8 Å². The summed E-state index contributed by atoms with van der Waals surface area (Å²) in [5.41, 5.74) is 8.62. The van der Waals surface area contributed by atoms with Crippen LogP contribution in [0.2, 0.25) is 0 Å². The molecule has 0 radical (unpaired) electrons. The van der Waals surface area contributed by atoms with E-state index < -0.39 is 0 Å². The zero-order valence-electron chi connectivity index (χ0n) is 6.99. The number of hydrogen-bond acceptors (Lipinski definition) is 1. The standard InChI is InChI=1S/C8H12N2O/c1-4-5(2)10-6(3)7(4)8(9)11/h10H,1-3H3,(H2,9,11). The van der Waals surface area contributed by atoms with Crippen molar-refractivity contribution in [2.24, 2.45) is 5.73 Å². The van der Waals surface area contributed by atoms with Gasteiger partial charge in [-0.25, -0.2) is 0 Å². The lowest BCUT2D eigenvalue weighted by molar-refractivity contribution is 0.0999. The highest BCUT2D eigenvalue weighted by Crippen LogP contribution is 2.15. The van der Waals surface area contributed by atoms with E-state index >= 15 is 0 Å². The molecule has 0 saturated heterocycles. The molecule has 1 aromatic heterocycles. The van der Waals surface area contributed by atoms with Gasteiger partial charge < -0.3 is 10.7 Å². The maximum Gasteiger partial charge on any atom is 0.250 e. The zero-order valence-corrected chi connectivity index (χ0v) is 6.99. The maximum atomic E-state index is 10.9. The smallest absolute Gasteiger partial charge is 0.250 e. The highest BCUT2D eigenvalue weighted by atomic mass is 16.1. The minimum absolute atomic E-state index is 0.357. The van der Waals surface area contributed by atoms with Gasteiger partial charge in [-0.15, -0.1) is 0 Å². The maximum absolute atomic E-state index is 10.9. The molecule has 1 rings (SSSR count). The second kappa shape index (κ2) is 2.42. The van der Waals surface area contributed by atoms with E-state index in [0.717, 1.165) is 17.0 Å². The summed E-state index contributed by atoms with van der Waals surface area (Å²) in [6, 6.07) is 0. The molecule has 3 nitrogen and oxygen atoms in total. The molecule has 1 heterocycles. The molecule has 0 aromatic carbocycles. The van der Waals surface area contributed by atoms with E-state index in [1.54, 1.807) is 0 Å². The lowest BCUT2D eigenvalue weighted by Crippen LogP contribution is -2.12. The van der Waals surface area contributed by atoms with Crippen LogP contribution < -0.4 is 5.73 Å². The molecule has 0 unspecified atom stereocenters. The molecule has 3 heteroatoms. The molecule has 3 N–H and O–H groups in total. The third-order valence-corrected chi connectivity index (χ3v) is 1.93. The van der Waals surface area contributed by atoms with Gasteiger partial charge in [0.1, 0.15) is 0 Å². The van der Waals surface area contributed by atoms with Crippen molar-refractivity contribution in [1.29, 1.82) is 0 Å². The van der Waals surface area contributed by atoms with Gasteiger partial charge in [-0.3, -0.25) is 4.79 Å². The number of nitrogens with two attached hydrogens (primary N) is 1. The Labute approximate surface area is 65.6 Å². The van der Waals surface area contributed by atoms with Crippen molar-refractivity contribution >= 4 is 5.91 Å². The van der Waals surface area contributed by atoms with Gasteiger partial charge in [-0.05, 0) is 26.3 Å². The highest BCUT2D eigenvalue weighted by Gasteiger charge is 2.12. The van der Waals surface area contributed by atoms with E-state index in [1.165, 1.54) is 0 Å². The first kappa shape index (κ1) is 7.85. The molecule has 0 atom stereocenters. The summed E-state index contributed by atoms with van der Waals surface area (Å²) in [5, 5.41) is 0. The Kier molecular flexibility index (Phi) is 1.72. The molecule has 1 aromatic rings. The number of aromatic amines is 1. The minimum Gasteiger partial charge on any atom is -0.366 e. The third kappa shape index (κ3) is 1.13. The molecule has 60 valence electrons. The van der Waals surface area contributed by atoms with Crippen molar-refractivity contribution in [2.75, 3.05) is 0 Å². The molecule has 0 fully saturated rings. The fourth-order valence-electron chi connectivity index (χ4n) is 1.28. The Morgan fingerprint density at radius 1 is 1.27 bits per heavy atom. The summed E-state index contributed by atoms with van der Waals surface area (Å²) >= 11 is 0. The number of rotatable bonds is 1. The highest BCUT2D eigenvalue weighted by molar-refractivity contribution is 5.95. The monoisotopic (exact) mass is 152 g/mol. The van der Waals surface area contributed by atoms with E-state index in [-0.39, 0.29) is 5.91 Å². The van der Waals surface area contributed by atoms with E-state index in [2.05, 4.69) is 4.98 Å². The predicted molar refractivity (Wildman–Crippen MR) is 43.5 cm³/mol. The third-order valence-electron chi connectivity index (χ3n) is 1.93. The molecular formula is C8H12N2O.